The van der Waals surface area contributed by atoms with Gasteiger partial charge in [0.15, 0.2) is 0 Å². The molecule has 0 fully saturated rings. The number of carboxylic acid groups (broad SMARTS) is 2. The Morgan fingerprint density at radius 1 is 0.586 bits per heavy atom. The molecule has 0 aromatic carbocycles. The second kappa shape index (κ2) is 11.5. The van der Waals surface area contributed by atoms with Gasteiger partial charge in [-0.25, -0.2) is 0 Å². The van der Waals surface area contributed by atoms with Crippen molar-refractivity contribution in [3.05, 3.63) is 0 Å². The molecule has 9 heteroatoms. The first-order valence-corrected chi connectivity index (χ1v) is 9.21. The van der Waals surface area contributed by atoms with Gasteiger partial charge in [0.05, 0.1) is 11.1 Å². The van der Waals surface area contributed by atoms with Gasteiger partial charge in [0, 0.05) is 11.1 Å². The van der Waals surface area contributed by atoms with Gasteiger partial charge in [-0.1, -0.05) is 0 Å². The molecule has 0 aliphatic rings. The van der Waals surface area contributed by atoms with Gasteiger partial charge in [0.1, 0.15) is 23.6 Å². The third-order valence-electron chi connectivity index (χ3n) is 2.27. The summed E-state index contributed by atoms with van der Waals surface area (Å²) in [6.45, 7) is 22.2. The number of carboxylic acids is 2. The van der Waals surface area contributed by atoms with E-state index >= 15 is 0 Å². The van der Waals surface area contributed by atoms with Gasteiger partial charge >= 0.3 is 16.5 Å². The molecule has 0 unspecified atom stereocenters. The molecule has 2 N–H and O–H groups in total. The van der Waals surface area contributed by atoms with Crippen LogP contribution in [0.3, 0.4) is 0 Å². The van der Waals surface area contributed by atoms with Gasteiger partial charge in [-0.2, -0.15) is 0 Å². The van der Waals surface area contributed by atoms with E-state index in [0.29, 0.717) is 0 Å². The quantitative estimate of drug-likeness (QED) is 0.312. The van der Waals surface area contributed by atoms with Crippen molar-refractivity contribution < 1.29 is 36.3 Å². The Morgan fingerprint density at radius 3 is 0.897 bits per heavy atom. The number of carbonyl (C=O) groups is 2. The first kappa shape index (κ1) is 32.1. The molecular formula is C20H38N4NiO4. The van der Waals surface area contributed by atoms with Crippen molar-refractivity contribution in [1.29, 1.82) is 0 Å². The minimum Gasteiger partial charge on any atom is -0.542 e. The summed E-state index contributed by atoms with van der Waals surface area (Å²) in [6, 6.07) is 0. The predicted molar refractivity (Wildman–Crippen MR) is 110 cm³/mol. The first-order chi connectivity index (χ1) is 12.0. The van der Waals surface area contributed by atoms with E-state index in [0.717, 1.165) is 0 Å². The summed E-state index contributed by atoms with van der Waals surface area (Å²) in [7, 11) is 0. The standard InChI is InChI=1S/2C10H20N2O2.Ni/c2*1-9(2,3)11-7(8(13)14)12-10(4,5)6;/h2*1-6H3,(H,11,12)(H,13,14);/q;;+2/p-2. The third kappa shape index (κ3) is 22.5. The normalized spacial score (nSPS) is 13.5. The molecule has 0 aliphatic carbocycles. The van der Waals surface area contributed by atoms with Crippen molar-refractivity contribution in [3.63, 3.8) is 0 Å². The molecular weight excluding hydrogens is 419 g/mol. The van der Waals surface area contributed by atoms with Crippen LogP contribution in [-0.4, -0.2) is 45.8 Å². The summed E-state index contributed by atoms with van der Waals surface area (Å²) in [5.41, 5.74) is -1.50. The van der Waals surface area contributed by atoms with E-state index in [9.17, 15) is 19.8 Å². The summed E-state index contributed by atoms with van der Waals surface area (Å²) >= 11 is 0. The Hall–Kier alpha value is -1.63. The van der Waals surface area contributed by atoms with E-state index in [2.05, 4.69) is 20.6 Å². The molecule has 0 atom stereocenters. The van der Waals surface area contributed by atoms with Crippen molar-refractivity contribution in [2.45, 2.75) is 105 Å². The Bertz CT molecular complexity index is 548. The zero-order chi connectivity index (χ0) is 23.1. The predicted octanol–water partition coefficient (Wildman–Crippen LogP) is 0.640. The molecule has 0 aliphatic heterocycles. The number of hydrogen-bond acceptors (Lipinski definition) is 6. The molecule has 0 saturated heterocycles. The fourth-order valence-corrected chi connectivity index (χ4v) is 1.63. The van der Waals surface area contributed by atoms with E-state index in [1.807, 2.05) is 83.1 Å². The molecule has 0 aromatic heterocycles. The Balaban J connectivity index is -0.000000451. The van der Waals surface area contributed by atoms with E-state index in [1.165, 1.54) is 0 Å². The van der Waals surface area contributed by atoms with Gasteiger partial charge < -0.3 is 30.4 Å². The summed E-state index contributed by atoms with van der Waals surface area (Å²) < 4.78 is 0. The number of aliphatic imine (C=N–C) groups is 2. The zero-order valence-corrected chi connectivity index (χ0v) is 20.8. The largest absolute Gasteiger partial charge is 2.00 e. The SMILES string of the molecule is CC(C)(C)N=C(NC(C)(C)C)C(=O)[O-].CC(C)(C)N=C(NC(C)(C)C)C(=O)[O-].[Ni+2]. The maximum Gasteiger partial charge on any atom is 2.00 e. The number of nitrogens with one attached hydrogen (secondary N) is 2. The first-order valence-electron chi connectivity index (χ1n) is 9.21. The molecule has 0 rings (SSSR count). The molecule has 0 saturated carbocycles. The van der Waals surface area contributed by atoms with Crippen LogP contribution < -0.4 is 20.8 Å². The van der Waals surface area contributed by atoms with E-state index < -0.39 is 23.0 Å². The Kier molecular flexibility index (Phi) is 12.7. The van der Waals surface area contributed by atoms with Crippen LogP contribution in [0, 0.1) is 0 Å². The number of carbonyl (C=O) groups excluding carboxylic acids is 2. The van der Waals surface area contributed by atoms with Crippen LogP contribution in [0.2, 0.25) is 0 Å². The molecule has 0 radical (unpaired) electrons. The third-order valence-corrected chi connectivity index (χ3v) is 2.27. The number of nitrogens with zero attached hydrogens (tertiary/aromatic N) is 2. The van der Waals surface area contributed by atoms with Crippen molar-refractivity contribution in [2.24, 2.45) is 9.98 Å². The van der Waals surface area contributed by atoms with Crippen LogP contribution in [0.1, 0.15) is 83.1 Å². The molecule has 0 bridgehead atoms. The van der Waals surface area contributed by atoms with Gasteiger partial charge in [-0.05, 0) is 83.1 Å². The van der Waals surface area contributed by atoms with E-state index in [-0.39, 0.29) is 39.2 Å². The Labute approximate surface area is 186 Å². The fraction of sp³-hybridized carbons (Fsp3) is 0.800. The molecule has 172 valence electrons. The van der Waals surface area contributed by atoms with Crippen LogP contribution in [0.4, 0.5) is 0 Å². The minimum absolute atomic E-state index is 0. The van der Waals surface area contributed by atoms with Crippen molar-refractivity contribution in [3.8, 4) is 0 Å². The second-order valence-corrected chi connectivity index (χ2v) is 10.6. The molecule has 0 spiro atoms. The van der Waals surface area contributed by atoms with Gasteiger partial charge in [-0.15, -0.1) is 0 Å². The van der Waals surface area contributed by atoms with Crippen LogP contribution in [-0.2, 0) is 26.1 Å². The monoisotopic (exact) mass is 456 g/mol. The second-order valence-electron chi connectivity index (χ2n) is 10.6. The number of rotatable bonds is 0. The maximum atomic E-state index is 10.8. The van der Waals surface area contributed by atoms with Crippen molar-refractivity contribution in [2.75, 3.05) is 0 Å². The summed E-state index contributed by atoms with van der Waals surface area (Å²) in [6.07, 6.45) is 0. The number of amidine groups is 2. The molecule has 0 heterocycles. The average Bonchev–Trinajstić information content (AvgIpc) is 2.30. The van der Waals surface area contributed by atoms with Gasteiger partial charge in [-0.3, -0.25) is 9.98 Å². The molecule has 0 aromatic rings. The van der Waals surface area contributed by atoms with Crippen LogP contribution in [0.25, 0.3) is 0 Å². The van der Waals surface area contributed by atoms with E-state index in [1.54, 1.807) is 0 Å². The summed E-state index contributed by atoms with van der Waals surface area (Å²) in [4.78, 5) is 29.6. The molecule has 0 amide bonds. The zero-order valence-electron chi connectivity index (χ0n) is 19.8. The Morgan fingerprint density at radius 2 is 0.793 bits per heavy atom. The average molecular weight is 457 g/mol. The fourth-order valence-electron chi connectivity index (χ4n) is 1.63. The number of hydrogen-bond donors (Lipinski definition) is 2. The number of aliphatic carboxylic acids is 2. The van der Waals surface area contributed by atoms with Crippen LogP contribution >= 0.6 is 0 Å². The van der Waals surface area contributed by atoms with E-state index in [4.69, 9.17) is 0 Å². The topological polar surface area (TPSA) is 129 Å². The van der Waals surface area contributed by atoms with Crippen molar-refractivity contribution >= 4 is 23.6 Å². The summed E-state index contributed by atoms with van der Waals surface area (Å²) in [5, 5.41) is 27.1. The van der Waals surface area contributed by atoms with Crippen LogP contribution in [0.5, 0.6) is 0 Å². The summed E-state index contributed by atoms with van der Waals surface area (Å²) in [5.74, 6) is -2.72. The smallest absolute Gasteiger partial charge is 0.542 e. The minimum atomic E-state index is -1.27. The van der Waals surface area contributed by atoms with Gasteiger partial charge in [0.25, 0.3) is 0 Å². The van der Waals surface area contributed by atoms with Crippen molar-refractivity contribution in [1.82, 2.24) is 10.6 Å². The van der Waals surface area contributed by atoms with Gasteiger partial charge in [0.2, 0.25) is 0 Å². The molecule has 8 nitrogen and oxygen atoms in total. The van der Waals surface area contributed by atoms with Crippen LogP contribution in [0.15, 0.2) is 9.98 Å². The molecule has 29 heavy (non-hydrogen) atoms. The maximum absolute atomic E-state index is 10.8.